The molecule has 0 spiro atoms. The van der Waals surface area contributed by atoms with Gasteiger partial charge in [0, 0.05) is 24.1 Å². The molecule has 152 valence electrons. The van der Waals surface area contributed by atoms with Crippen molar-refractivity contribution in [3.8, 4) is 11.3 Å². The van der Waals surface area contributed by atoms with Crippen molar-refractivity contribution in [2.45, 2.75) is 25.5 Å². The summed E-state index contributed by atoms with van der Waals surface area (Å²) >= 11 is 0. The highest BCUT2D eigenvalue weighted by atomic mass is 16.5. The largest absolute Gasteiger partial charge is 0.376 e. The first-order valence-corrected chi connectivity index (χ1v) is 10.1. The Morgan fingerprint density at radius 1 is 1.23 bits per heavy atom. The number of ether oxygens (including phenoxy) is 1. The molecule has 8 heteroatoms. The Kier molecular flexibility index (Phi) is 4.98. The molecule has 30 heavy (non-hydrogen) atoms. The number of nitrogens with one attached hydrogen (secondary N) is 2. The highest BCUT2D eigenvalue weighted by molar-refractivity contribution is 5.99. The van der Waals surface area contributed by atoms with Crippen molar-refractivity contribution in [3.63, 3.8) is 0 Å². The third kappa shape index (κ3) is 3.69. The first kappa shape index (κ1) is 18.5. The van der Waals surface area contributed by atoms with Gasteiger partial charge in [0.2, 0.25) is 0 Å². The molecule has 0 saturated carbocycles. The van der Waals surface area contributed by atoms with Crippen LogP contribution in [0.4, 0.5) is 0 Å². The second kappa shape index (κ2) is 8.08. The minimum Gasteiger partial charge on any atom is -0.376 e. The monoisotopic (exact) mass is 402 g/mol. The predicted octanol–water partition coefficient (Wildman–Crippen LogP) is 2.78. The van der Waals surface area contributed by atoms with Crippen LogP contribution >= 0.6 is 0 Å². The number of fused-ring (bicyclic) bond motifs is 1. The molecule has 1 atom stereocenters. The molecule has 0 radical (unpaired) electrons. The van der Waals surface area contributed by atoms with E-state index in [4.69, 9.17) is 4.74 Å². The Morgan fingerprint density at radius 2 is 2.13 bits per heavy atom. The van der Waals surface area contributed by atoms with Gasteiger partial charge >= 0.3 is 0 Å². The number of amides is 1. The topological polar surface area (TPSA) is 97.7 Å². The minimum absolute atomic E-state index is 0.0677. The standard InChI is InChI=1S/C22H22N6O2/c29-22(23-13-18-7-4-10-30-18)21-20(16-8-9-19-17(11-16)12-24-25-19)26-27-28(21)14-15-5-2-1-3-6-15/h1-3,5-6,8-9,11-12,18H,4,7,10,13-14H2,(H,23,29)(H,24,25)/t18-/m0/s1. The summed E-state index contributed by atoms with van der Waals surface area (Å²) in [6.45, 7) is 1.70. The average molecular weight is 402 g/mol. The van der Waals surface area contributed by atoms with Crippen LogP contribution in [0.5, 0.6) is 0 Å². The van der Waals surface area contributed by atoms with E-state index in [1.54, 1.807) is 10.9 Å². The molecule has 5 rings (SSSR count). The van der Waals surface area contributed by atoms with Crippen molar-refractivity contribution in [1.82, 2.24) is 30.5 Å². The van der Waals surface area contributed by atoms with Crippen molar-refractivity contribution >= 4 is 16.8 Å². The second-order valence-corrected chi connectivity index (χ2v) is 7.45. The number of hydrogen-bond acceptors (Lipinski definition) is 5. The molecule has 0 unspecified atom stereocenters. The highest BCUT2D eigenvalue weighted by Gasteiger charge is 2.24. The number of hydrogen-bond donors (Lipinski definition) is 2. The molecule has 1 aliphatic heterocycles. The number of benzene rings is 2. The van der Waals surface area contributed by atoms with Gasteiger partial charge in [0.15, 0.2) is 5.69 Å². The van der Waals surface area contributed by atoms with Crippen molar-refractivity contribution in [3.05, 3.63) is 66.0 Å². The maximum absolute atomic E-state index is 13.2. The summed E-state index contributed by atoms with van der Waals surface area (Å²) in [5.41, 5.74) is 3.80. The molecule has 3 heterocycles. The third-order valence-electron chi connectivity index (χ3n) is 5.35. The van der Waals surface area contributed by atoms with Gasteiger partial charge in [-0.05, 0) is 30.5 Å². The second-order valence-electron chi connectivity index (χ2n) is 7.45. The molecule has 2 N–H and O–H groups in total. The number of aromatic nitrogens is 5. The lowest BCUT2D eigenvalue weighted by Gasteiger charge is -2.12. The molecule has 4 aromatic rings. The van der Waals surface area contributed by atoms with Crippen LogP contribution in [-0.2, 0) is 11.3 Å². The van der Waals surface area contributed by atoms with E-state index in [0.717, 1.165) is 41.5 Å². The van der Waals surface area contributed by atoms with E-state index < -0.39 is 0 Å². The third-order valence-corrected chi connectivity index (χ3v) is 5.35. The molecule has 2 aromatic carbocycles. The molecule has 1 aliphatic rings. The quantitative estimate of drug-likeness (QED) is 0.517. The number of H-pyrrole nitrogens is 1. The minimum atomic E-state index is -0.200. The predicted molar refractivity (Wildman–Crippen MR) is 112 cm³/mol. The van der Waals surface area contributed by atoms with E-state index in [1.807, 2.05) is 48.5 Å². The van der Waals surface area contributed by atoms with E-state index in [1.165, 1.54) is 0 Å². The van der Waals surface area contributed by atoms with Gasteiger partial charge in [-0.25, -0.2) is 4.68 Å². The van der Waals surface area contributed by atoms with Crippen LogP contribution in [0.25, 0.3) is 22.2 Å². The molecule has 2 aromatic heterocycles. The fourth-order valence-corrected chi connectivity index (χ4v) is 3.78. The summed E-state index contributed by atoms with van der Waals surface area (Å²) in [5, 5.41) is 19.6. The SMILES string of the molecule is O=C(NC[C@@H]1CCCO1)c1c(-c2ccc3[nH]ncc3c2)nnn1Cc1ccccc1. The normalized spacial score (nSPS) is 16.2. The fraction of sp³-hybridized carbons (Fsp3) is 0.273. The van der Waals surface area contributed by atoms with E-state index in [0.29, 0.717) is 24.5 Å². The molecule has 1 saturated heterocycles. The van der Waals surface area contributed by atoms with Gasteiger partial charge in [-0.15, -0.1) is 5.10 Å². The molecule has 0 aliphatic carbocycles. The van der Waals surface area contributed by atoms with Gasteiger partial charge < -0.3 is 10.1 Å². The molecule has 8 nitrogen and oxygen atoms in total. The Morgan fingerprint density at radius 3 is 2.97 bits per heavy atom. The first-order valence-electron chi connectivity index (χ1n) is 10.1. The highest BCUT2D eigenvalue weighted by Crippen LogP contribution is 2.25. The smallest absolute Gasteiger partial charge is 0.272 e. The van der Waals surface area contributed by atoms with Gasteiger partial charge in [0.1, 0.15) is 5.69 Å². The van der Waals surface area contributed by atoms with Crippen molar-refractivity contribution in [1.29, 1.82) is 0 Å². The summed E-state index contributed by atoms with van der Waals surface area (Å²) < 4.78 is 7.30. The van der Waals surface area contributed by atoms with Crippen LogP contribution in [-0.4, -0.2) is 50.4 Å². The number of carbonyl (C=O) groups is 1. The van der Waals surface area contributed by atoms with Crippen molar-refractivity contribution in [2.24, 2.45) is 0 Å². The van der Waals surface area contributed by atoms with Gasteiger partial charge in [-0.1, -0.05) is 41.6 Å². The molecule has 1 fully saturated rings. The van der Waals surface area contributed by atoms with Gasteiger partial charge in [0.25, 0.3) is 5.91 Å². The van der Waals surface area contributed by atoms with Gasteiger partial charge in [0.05, 0.1) is 24.4 Å². The molecular weight excluding hydrogens is 380 g/mol. The van der Waals surface area contributed by atoms with Gasteiger partial charge in [-0.2, -0.15) is 5.10 Å². The summed E-state index contributed by atoms with van der Waals surface area (Å²) in [6.07, 6.45) is 3.82. The van der Waals surface area contributed by atoms with Gasteiger partial charge in [-0.3, -0.25) is 9.89 Å². The number of nitrogens with zero attached hydrogens (tertiary/aromatic N) is 4. The Bertz CT molecular complexity index is 1160. The summed E-state index contributed by atoms with van der Waals surface area (Å²) in [6, 6.07) is 15.7. The zero-order valence-corrected chi connectivity index (χ0v) is 16.4. The van der Waals surface area contributed by atoms with Crippen LogP contribution in [0.3, 0.4) is 0 Å². The zero-order valence-electron chi connectivity index (χ0n) is 16.4. The molecule has 0 bridgehead atoms. The maximum Gasteiger partial charge on any atom is 0.272 e. The average Bonchev–Trinajstić information content (AvgIpc) is 3.53. The Labute approximate surface area is 173 Å². The lowest BCUT2D eigenvalue weighted by Crippen LogP contribution is -2.33. The van der Waals surface area contributed by atoms with Crippen LogP contribution in [0, 0.1) is 0 Å². The first-order chi connectivity index (χ1) is 14.8. The Hall–Kier alpha value is -3.52. The van der Waals surface area contributed by atoms with E-state index in [-0.39, 0.29) is 12.0 Å². The van der Waals surface area contributed by atoms with Crippen molar-refractivity contribution < 1.29 is 9.53 Å². The lowest BCUT2D eigenvalue weighted by molar-refractivity contribution is 0.0850. The summed E-state index contributed by atoms with van der Waals surface area (Å²) in [7, 11) is 0. The summed E-state index contributed by atoms with van der Waals surface area (Å²) in [5.74, 6) is -0.200. The van der Waals surface area contributed by atoms with E-state index in [9.17, 15) is 4.79 Å². The van der Waals surface area contributed by atoms with Crippen LogP contribution in [0.2, 0.25) is 0 Å². The Balaban J connectivity index is 1.49. The van der Waals surface area contributed by atoms with Crippen LogP contribution in [0.15, 0.2) is 54.7 Å². The zero-order chi connectivity index (χ0) is 20.3. The van der Waals surface area contributed by atoms with E-state index >= 15 is 0 Å². The summed E-state index contributed by atoms with van der Waals surface area (Å²) in [4.78, 5) is 13.2. The molecule has 1 amide bonds. The fourth-order valence-electron chi connectivity index (χ4n) is 3.78. The lowest BCUT2D eigenvalue weighted by atomic mass is 10.1. The maximum atomic E-state index is 13.2. The number of rotatable bonds is 6. The van der Waals surface area contributed by atoms with Crippen molar-refractivity contribution in [2.75, 3.05) is 13.2 Å². The van der Waals surface area contributed by atoms with E-state index in [2.05, 4.69) is 25.8 Å². The number of carbonyl (C=O) groups excluding carboxylic acids is 1. The molecular formula is C22H22N6O2. The van der Waals surface area contributed by atoms with Crippen LogP contribution < -0.4 is 5.32 Å². The van der Waals surface area contributed by atoms with Crippen LogP contribution in [0.1, 0.15) is 28.9 Å². The number of aromatic amines is 1.